The molecule has 0 spiro atoms. The number of carbonyl (C=O) groups excluding carboxylic acids is 3. The Kier molecular flexibility index (Phi) is 15.4. The quantitative estimate of drug-likeness (QED) is 0.169. The third-order valence-electron chi connectivity index (χ3n) is 4.80. The highest BCUT2D eigenvalue weighted by atomic mass is 32.2. The number of carboxylic acids is 1. The summed E-state index contributed by atoms with van der Waals surface area (Å²) in [5.41, 5.74) is 5.51. The van der Waals surface area contributed by atoms with E-state index >= 15 is 0 Å². The van der Waals surface area contributed by atoms with Crippen molar-refractivity contribution in [2.24, 2.45) is 11.7 Å². The van der Waals surface area contributed by atoms with Crippen molar-refractivity contribution < 1.29 is 29.4 Å². The van der Waals surface area contributed by atoms with Crippen LogP contribution in [0.25, 0.3) is 0 Å². The van der Waals surface area contributed by atoms with Gasteiger partial charge >= 0.3 is 5.97 Å². The van der Waals surface area contributed by atoms with Crippen LogP contribution in [0.1, 0.15) is 33.1 Å². The Balaban J connectivity index is 5.41. The number of aliphatic hydroxyl groups is 1. The van der Waals surface area contributed by atoms with Crippen molar-refractivity contribution in [1.82, 2.24) is 16.0 Å². The molecule has 10 nitrogen and oxygen atoms in total. The van der Waals surface area contributed by atoms with Crippen LogP contribution in [0.15, 0.2) is 0 Å². The van der Waals surface area contributed by atoms with Gasteiger partial charge in [0.1, 0.15) is 24.2 Å². The largest absolute Gasteiger partial charge is 0.480 e. The summed E-state index contributed by atoms with van der Waals surface area (Å²) in [5, 5.41) is 26.2. The van der Waals surface area contributed by atoms with Crippen LogP contribution in [0.4, 0.5) is 0 Å². The zero-order chi connectivity index (χ0) is 24.0. The van der Waals surface area contributed by atoms with Crippen molar-refractivity contribution in [2.75, 3.05) is 30.6 Å². The first kappa shape index (κ1) is 29.5. The molecule has 0 saturated carbocycles. The minimum atomic E-state index is -1.16. The maximum atomic E-state index is 12.8. The Bertz CT molecular complexity index is 596. The van der Waals surface area contributed by atoms with Crippen molar-refractivity contribution in [1.29, 1.82) is 0 Å². The first-order valence-corrected chi connectivity index (χ1v) is 12.9. The number of carboxylic acid groups (broad SMARTS) is 1. The molecule has 0 aliphatic rings. The zero-order valence-electron chi connectivity index (χ0n) is 18.6. The van der Waals surface area contributed by atoms with Gasteiger partial charge in [-0.25, -0.2) is 4.79 Å². The number of nitrogens with two attached hydrogens (primary N) is 1. The Morgan fingerprint density at radius 1 is 0.903 bits per heavy atom. The molecule has 0 aromatic carbocycles. The molecular weight excluding hydrogens is 444 g/mol. The monoisotopic (exact) mass is 480 g/mol. The number of thioether (sulfide) groups is 2. The Hall–Kier alpha value is -1.50. The molecular formula is C19H36N4O6S2. The molecule has 7 N–H and O–H groups in total. The number of rotatable bonds is 16. The molecule has 0 saturated heterocycles. The summed E-state index contributed by atoms with van der Waals surface area (Å²) in [5.74, 6) is -2.11. The van der Waals surface area contributed by atoms with Gasteiger partial charge in [0, 0.05) is 0 Å². The highest BCUT2D eigenvalue weighted by Crippen LogP contribution is 2.10. The number of nitrogens with one attached hydrogen (secondary N) is 3. The van der Waals surface area contributed by atoms with Gasteiger partial charge in [0.2, 0.25) is 17.7 Å². The van der Waals surface area contributed by atoms with E-state index < -0.39 is 54.5 Å². The van der Waals surface area contributed by atoms with Crippen LogP contribution >= 0.6 is 23.5 Å². The third kappa shape index (κ3) is 11.1. The summed E-state index contributed by atoms with van der Waals surface area (Å²) in [4.78, 5) is 49.2. The summed E-state index contributed by atoms with van der Waals surface area (Å²) in [6.45, 7) is 3.00. The van der Waals surface area contributed by atoms with Crippen molar-refractivity contribution in [3.63, 3.8) is 0 Å². The fraction of sp³-hybridized carbons (Fsp3) is 0.789. The van der Waals surface area contributed by atoms with Crippen molar-refractivity contribution in [2.45, 2.75) is 57.3 Å². The molecule has 3 amide bonds. The average Bonchev–Trinajstić information content (AvgIpc) is 2.75. The molecule has 0 aliphatic heterocycles. The molecule has 0 aromatic rings. The van der Waals surface area contributed by atoms with Crippen LogP contribution in [0.3, 0.4) is 0 Å². The molecule has 0 radical (unpaired) electrons. The molecule has 0 aliphatic carbocycles. The molecule has 0 fully saturated rings. The van der Waals surface area contributed by atoms with Gasteiger partial charge < -0.3 is 31.9 Å². The van der Waals surface area contributed by atoms with Crippen LogP contribution in [-0.4, -0.2) is 88.7 Å². The molecule has 0 rings (SSSR count). The first-order chi connectivity index (χ1) is 14.6. The van der Waals surface area contributed by atoms with Crippen LogP contribution < -0.4 is 21.7 Å². The lowest BCUT2D eigenvalue weighted by atomic mass is 9.98. The van der Waals surface area contributed by atoms with E-state index in [2.05, 4.69) is 16.0 Å². The second-order valence-electron chi connectivity index (χ2n) is 7.18. The van der Waals surface area contributed by atoms with Gasteiger partial charge in [-0.15, -0.1) is 0 Å². The van der Waals surface area contributed by atoms with Crippen molar-refractivity contribution in [3.8, 4) is 0 Å². The fourth-order valence-electron chi connectivity index (χ4n) is 2.58. The van der Waals surface area contributed by atoms with E-state index in [1.54, 1.807) is 6.92 Å². The number of aliphatic hydroxyl groups excluding tert-OH is 1. The molecule has 0 aromatic heterocycles. The van der Waals surface area contributed by atoms with Crippen molar-refractivity contribution >= 4 is 47.2 Å². The van der Waals surface area contributed by atoms with E-state index in [9.17, 15) is 24.3 Å². The number of hydrogen-bond donors (Lipinski definition) is 6. The van der Waals surface area contributed by atoms with Crippen LogP contribution in [0.2, 0.25) is 0 Å². The predicted molar refractivity (Wildman–Crippen MR) is 124 cm³/mol. The zero-order valence-corrected chi connectivity index (χ0v) is 20.2. The SMILES string of the molecule is CCC(C)C(NC(=O)C(CCSC)NC(=O)C(CCSC)NC(=O)C(N)CO)C(=O)O. The second-order valence-corrected chi connectivity index (χ2v) is 9.16. The summed E-state index contributed by atoms with van der Waals surface area (Å²) in [6.07, 6.45) is 4.87. The number of hydrogen-bond acceptors (Lipinski definition) is 8. The highest BCUT2D eigenvalue weighted by molar-refractivity contribution is 7.98. The van der Waals surface area contributed by atoms with E-state index in [0.717, 1.165) is 0 Å². The summed E-state index contributed by atoms with van der Waals surface area (Å²) < 4.78 is 0. The Morgan fingerprint density at radius 3 is 1.74 bits per heavy atom. The molecule has 0 bridgehead atoms. The lowest BCUT2D eigenvalue weighted by Crippen LogP contribution is -2.58. The van der Waals surface area contributed by atoms with E-state index in [0.29, 0.717) is 30.8 Å². The Labute approximate surface area is 192 Å². The fourth-order valence-corrected chi connectivity index (χ4v) is 3.52. The molecule has 5 atom stereocenters. The normalized spacial score (nSPS) is 15.8. The molecule has 5 unspecified atom stereocenters. The summed E-state index contributed by atoms with van der Waals surface area (Å²) >= 11 is 2.97. The van der Waals surface area contributed by atoms with E-state index in [1.807, 2.05) is 19.4 Å². The number of carbonyl (C=O) groups is 4. The van der Waals surface area contributed by atoms with E-state index in [4.69, 9.17) is 10.8 Å². The Morgan fingerprint density at radius 2 is 1.35 bits per heavy atom. The molecule has 31 heavy (non-hydrogen) atoms. The molecule has 180 valence electrons. The lowest BCUT2D eigenvalue weighted by Gasteiger charge is -2.26. The predicted octanol–water partition coefficient (Wildman–Crippen LogP) is -0.603. The summed E-state index contributed by atoms with van der Waals surface area (Å²) in [7, 11) is 0. The van der Waals surface area contributed by atoms with Crippen LogP contribution in [0, 0.1) is 5.92 Å². The van der Waals surface area contributed by atoms with Gasteiger partial charge in [0.15, 0.2) is 0 Å². The lowest BCUT2D eigenvalue weighted by molar-refractivity contribution is -0.143. The smallest absolute Gasteiger partial charge is 0.326 e. The van der Waals surface area contributed by atoms with Crippen molar-refractivity contribution in [3.05, 3.63) is 0 Å². The van der Waals surface area contributed by atoms with Gasteiger partial charge in [-0.1, -0.05) is 20.3 Å². The minimum absolute atomic E-state index is 0.285. The van der Waals surface area contributed by atoms with Crippen LogP contribution in [0.5, 0.6) is 0 Å². The van der Waals surface area contributed by atoms with Gasteiger partial charge in [0.25, 0.3) is 0 Å². The number of aliphatic carboxylic acids is 1. The highest BCUT2D eigenvalue weighted by Gasteiger charge is 2.31. The van der Waals surface area contributed by atoms with Gasteiger partial charge in [-0.3, -0.25) is 14.4 Å². The van der Waals surface area contributed by atoms with Crippen LogP contribution in [-0.2, 0) is 19.2 Å². The standard InChI is InChI=1S/C19H36N4O6S2/c1-5-11(2)15(19(28)29)23-18(27)14(7-9-31-4)22-17(26)13(6-8-30-3)21-16(25)12(20)10-24/h11-15,24H,5-10,20H2,1-4H3,(H,21,25)(H,22,26)(H,23,27)(H,28,29). The molecule has 0 heterocycles. The van der Waals surface area contributed by atoms with Gasteiger partial charge in [0.05, 0.1) is 6.61 Å². The second kappa shape index (κ2) is 16.2. The maximum absolute atomic E-state index is 12.8. The number of amides is 3. The maximum Gasteiger partial charge on any atom is 0.326 e. The third-order valence-corrected chi connectivity index (χ3v) is 6.09. The van der Waals surface area contributed by atoms with Gasteiger partial charge in [-0.2, -0.15) is 23.5 Å². The van der Waals surface area contributed by atoms with E-state index in [1.165, 1.54) is 23.5 Å². The first-order valence-electron chi connectivity index (χ1n) is 10.1. The molecule has 12 heteroatoms. The summed E-state index contributed by atoms with van der Waals surface area (Å²) in [6, 6.07) is -4.12. The van der Waals surface area contributed by atoms with E-state index in [-0.39, 0.29) is 5.92 Å². The minimum Gasteiger partial charge on any atom is -0.480 e. The van der Waals surface area contributed by atoms with Gasteiger partial charge in [-0.05, 0) is 42.8 Å². The topological polar surface area (TPSA) is 171 Å². The average molecular weight is 481 g/mol.